The fourth-order valence-electron chi connectivity index (χ4n) is 2.56. The summed E-state index contributed by atoms with van der Waals surface area (Å²) >= 11 is 0.956. The molecule has 2 heterocycles. The van der Waals surface area contributed by atoms with Crippen molar-refractivity contribution in [1.29, 1.82) is 0 Å². The normalized spacial score (nSPS) is 11.8. The van der Waals surface area contributed by atoms with Crippen molar-refractivity contribution in [1.82, 2.24) is 25.4 Å². The average molecular weight is 550 g/mol. The number of guanidine groups is 1. The van der Waals surface area contributed by atoms with Crippen LogP contribution in [0, 0.1) is 0 Å². The minimum Gasteiger partial charge on any atom is -0.357 e. The Morgan fingerprint density at radius 2 is 1.97 bits per heavy atom. The second kappa shape index (κ2) is 11.3. The number of hydrogen-bond acceptors (Lipinski definition) is 4. The number of thiazole rings is 1. The first-order valence-corrected chi connectivity index (χ1v) is 9.96. The minimum absolute atomic E-state index is 0. The summed E-state index contributed by atoms with van der Waals surface area (Å²) in [5.41, 5.74) is 1.27. The molecule has 3 rings (SSSR count). The molecular formula is C19H22F3IN6S. The number of aliphatic imine (C=N–C) groups is 1. The van der Waals surface area contributed by atoms with Crippen molar-refractivity contribution in [2.24, 2.45) is 4.99 Å². The van der Waals surface area contributed by atoms with Crippen molar-refractivity contribution in [2.45, 2.75) is 26.1 Å². The van der Waals surface area contributed by atoms with E-state index in [0.717, 1.165) is 34.4 Å². The van der Waals surface area contributed by atoms with Crippen molar-refractivity contribution in [2.75, 3.05) is 13.1 Å². The Morgan fingerprint density at radius 1 is 1.20 bits per heavy atom. The first-order valence-electron chi connectivity index (χ1n) is 9.08. The molecule has 0 atom stereocenters. The van der Waals surface area contributed by atoms with Gasteiger partial charge in [-0.15, -0.1) is 35.3 Å². The Balaban J connectivity index is 0.00000320. The number of hydrogen-bond donors (Lipinski definition) is 2. The monoisotopic (exact) mass is 550 g/mol. The molecule has 0 amide bonds. The highest BCUT2D eigenvalue weighted by atomic mass is 127. The highest BCUT2D eigenvalue weighted by molar-refractivity contribution is 14.0. The zero-order chi connectivity index (χ0) is 20.7. The molecule has 0 aliphatic heterocycles. The molecule has 0 aliphatic carbocycles. The van der Waals surface area contributed by atoms with Crippen LogP contribution in [-0.2, 0) is 19.1 Å². The zero-order valence-electron chi connectivity index (χ0n) is 16.2. The number of benzene rings is 1. The third kappa shape index (κ3) is 6.97. The smallest absolute Gasteiger partial charge is 0.357 e. The van der Waals surface area contributed by atoms with E-state index in [2.05, 4.69) is 25.7 Å². The van der Waals surface area contributed by atoms with Gasteiger partial charge in [-0.2, -0.15) is 18.3 Å². The van der Waals surface area contributed by atoms with Gasteiger partial charge >= 0.3 is 6.18 Å². The van der Waals surface area contributed by atoms with E-state index in [1.165, 1.54) is 0 Å². The lowest BCUT2D eigenvalue weighted by molar-refractivity contribution is -0.140. The lowest BCUT2D eigenvalue weighted by Gasteiger charge is -2.11. The summed E-state index contributed by atoms with van der Waals surface area (Å²) in [6.07, 6.45) is -0.0294. The largest absolute Gasteiger partial charge is 0.434 e. The molecule has 0 saturated heterocycles. The van der Waals surface area contributed by atoms with Gasteiger partial charge in [-0.3, -0.25) is 0 Å². The van der Waals surface area contributed by atoms with Crippen LogP contribution >= 0.6 is 35.3 Å². The molecule has 0 radical (unpaired) electrons. The molecule has 2 N–H and O–H groups in total. The lowest BCUT2D eigenvalue weighted by Crippen LogP contribution is -2.38. The van der Waals surface area contributed by atoms with Gasteiger partial charge in [-0.05, 0) is 37.1 Å². The van der Waals surface area contributed by atoms with Crippen molar-refractivity contribution >= 4 is 41.3 Å². The van der Waals surface area contributed by atoms with Crippen molar-refractivity contribution in [3.63, 3.8) is 0 Å². The number of alkyl halides is 3. The van der Waals surface area contributed by atoms with Crippen LogP contribution in [0.2, 0.25) is 0 Å². The van der Waals surface area contributed by atoms with Gasteiger partial charge in [-0.1, -0.05) is 12.1 Å². The Morgan fingerprint density at radius 3 is 2.57 bits per heavy atom. The first-order chi connectivity index (χ1) is 14.0. The molecular weight excluding hydrogens is 528 g/mol. The SMILES string of the molecule is CCNC(=NCc1nc(C(F)(F)F)cs1)NCCc1ccc(-n2cccn2)cc1.I. The molecule has 0 unspecified atom stereocenters. The summed E-state index contributed by atoms with van der Waals surface area (Å²) in [5, 5.41) is 11.8. The summed E-state index contributed by atoms with van der Waals surface area (Å²) in [6.45, 7) is 3.31. The van der Waals surface area contributed by atoms with Gasteiger partial charge in [0, 0.05) is 30.9 Å². The molecule has 6 nitrogen and oxygen atoms in total. The number of aromatic nitrogens is 3. The fourth-order valence-corrected chi connectivity index (χ4v) is 3.29. The second-order valence-electron chi connectivity index (χ2n) is 6.11. The van der Waals surface area contributed by atoms with Crippen molar-refractivity contribution in [3.05, 3.63) is 64.4 Å². The van der Waals surface area contributed by atoms with E-state index < -0.39 is 11.9 Å². The highest BCUT2D eigenvalue weighted by Gasteiger charge is 2.33. The highest BCUT2D eigenvalue weighted by Crippen LogP contribution is 2.30. The predicted octanol–water partition coefficient (Wildman–Crippen LogP) is 4.26. The molecule has 30 heavy (non-hydrogen) atoms. The molecule has 0 saturated carbocycles. The third-order valence-electron chi connectivity index (χ3n) is 3.97. The summed E-state index contributed by atoms with van der Waals surface area (Å²) in [7, 11) is 0. The average Bonchev–Trinajstić information content (AvgIpc) is 3.38. The number of rotatable bonds is 7. The maximum absolute atomic E-state index is 12.6. The van der Waals surface area contributed by atoms with Crippen LogP contribution in [0.3, 0.4) is 0 Å². The molecule has 1 aromatic carbocycles. The van der Waals surface area contributed by atoms with E-state index in [1.54, 1.807) is 10.9 Å². The van der Waals surface area contributed by atoms with Crippen LogP contribution in [0.4, 0.5) is 13.2 Å². The van der Waals surface area contributed by atoms with Gasteiger partial charge in [0.2, 0.25) is 0 Å². The van der Waals surface area contributed by atoms with Crippen LogP contribution in [0.15, 0.2) is 53.1 Å². The van der Waals surface area contributed by atoms with Crippen molar-refractivity contribution in [3.8, 4) is 5.69 Å². The number of nitrogens with one attached hydrogen (secondary N) is 2. The maximum Gasteiger partial charge on any atom is 0.434 e. The lowest BCUT2D eigenvalue weighted by atomic mass is 10.1. The molecule has 162 valence electrons. The summed E-state index contributed by atoms with van der Waals surface area (Å²) < 4.78 is 39.7. The maximum atomic E-state index is 12.6. The van der Waals surface area contributed by atoms with Crippen LogP contribution in [-0.4, -0.2) is 33.8 Å². The molecule has 0 aliphatic rings. The molecule has 2 aromatic heterocycles. The molecule has 11 heteroatoms. The van der Waals surface area contributed by atoms with Gasteiger partial charge < -0.3 is 10.6 Å². The van der Waals surface area contributed by atoms with E-state index in [-0.39, 0.29) is 30.5 Å². The van der Waals surface area contributed by atoms with E-state index >= 15 is 0 Å². The van der Waals surface area contributed by atoms with E-state index in [0.29, 0.717) is 24.1 Å². The molecule has 0 bridgehead atoms. The zero-order valence-corrected chi connectivity index (χ0v) is 19.3. The summed E-state index contributed by atoms with van der Waals surface area (Å²) in [4.78, 5) is 7.92. The van der Waals surface area contributed by atoms with Crippen molar-refractivity contribution < 1.29 is 13.2 Å². The van der Waals surface area contributed by atoms with Gasteiger partial charge in [0.25, 0.3) is 0 Å². The minimum atomic E-state index is -4.42. The Bertz CT molecular complexity index is 923. The second-order valence-corrected chi connectivity index (χ2v) is 7.06. The van der Waals surface area contributed by atoms with Crippen LogP contribution in [0.5, 0.6) is 0 Å². The molecule has 3 aromatic rings. The van der Waals surface area contributed by atoms with E-state index in [9.17, 15) is 13.2 Å². The van der Waals surface area contributed by atoms with Crippen LogP contribution in [0.1, 0.15) is 23.2 Å². The van der Waals surface area contributed by atoms with E-state index in [1.807, 2.05) is 43.5 Å². The fraction of sp³-hybridized carbons (Fsp3) is 0.316. The van der Waals surface area contributed by atoms with Crippen LogP contribution in [0.25, 0.3) is 5.69 Å². The predicted molar refractivity (Wildman–Crippen MR) is 123 cm³/mol. The molecule has 0 spiro atoms. The quantitative estimate of drug-likeness (QED) is 0.262. The Kier molecular flexibility index (Phi) is 9.08. The Labute approximate surface area is 193 Å². The third-order valence-corrected chi connectivity index (χ3v) is 4.80. The summed E-state index contributed by atoms with van der Waals surface area (Å²) in [6, 6.07) is 9.95. The standard InChI is InChI=1S/C19H21F3N6S.HI/c1-2-23-18(25-12-17-27-16(13-29-17)19(20,21)22)24-10-8-14-4-6-15(7-5-14)28-11-3-9-26-28;/h3-7,9,11,13H,2,8,10,12H2,1H3,(H2,23,24,25);1H. The summed E-state index contributed by atoms with van der Waals surface area (Å²) in [5.74, 6) is 0.546. The topological polar surface area (TPSA) is 67.1 Å². The molecule has 0 fully saturated rings. The van der Waals surface area contributed by atoms with Gasteiger partial charge in [0.15, 0.2) is 11.7 Å². The van der Waals surface area contributed by atoms with Crippen LogP contribution < -0.4 is 10.6 Å². The first kappa shape index (κ1) is 24.1. The number of halogens is 4. The van der Waals surface area contributed by atoms with Gasteiger partial charge in [0.05, 0.1) is 12.2 Å². The van der Waals surface area contributed by atoms with Gasteiger partial charge in [-0.25, -0.2) is 14.7 Å². The van der Waals surface area contributed by atoms with E-state index in [4.69, 9.17) is 0 Å². The van der Waals surface area contributed by atoms with Gasteiger partial charge in [0.1, 0.15) is 5.01 Å². The Hall–Kier alpha value is -2.15. The number of nitrogens with zero attached hydrogens (tertiary/aromatic N) is 4.